The number of thiophene rings is 1. The Hall–Kier alpha value is -2.16. The van der Waals surface area contributed by atoms with Gasteiger partial charge in [-0.15, -0.1) is 11.3 Å². The van der Waals surface area contributed by atoms with Gasteiger partial charge in [-0.1, -0.05) is 24.0 Å². The Morgan fingerprint density at radius 3 is 2.81 bits per heavy atom. The molecule has 0 aliphatic carbocycles. The molecule has 0 saturated carbocycles. The van der Waals surface area contributed by atoms with Gasteiger partial charge in [0.15, 0.2) is 0 Å². The van der Waals surface area contributed by atoms with Crippen molar-refractivity contribution in [3.8, 4) is 11.8 Å². The smallest absolute Gasteiger partial charge is 0.252 e. The topological polar surface area (TPSA) is 55.1 Å². The van der Waals surface area contributed by atoms with E-state index < -0.39 is 0 Å². The maximum absolute atomic E-state index is 12.8. The molecular weight excluding hydrogens is 287 g/mol. The number of amides is 1. The monoisotopic (exact) mass is 302 g/mol. The van der Waals surface area contributed by atoms with Crippen LogP contribution in [0.4, 0.5) is 4.39 Å². The van der Waals surface area contributed by atoms with E-state index in [1.54, 1.807) is 23.6 Å². The van der Waals surface area contributed by atoms with Gasteiger partial charge in [-0.05, 0) is 30.2 Å². The SMILES string of the molecule is NCC#Cc1cc(C(=O)NCCc2ccc(F)cc2)cs1. The molecule has 2 rings (SSSR count). The van der Waals surface area contributed by atoms with Crippen LogP contribution in [0.1, 0.15) is 20.8 Å². The summed E-state index contributed by atoms with van der Waals surface area (Å²) in [5.74, 6) is 5.26. The Bertz CT molecular complexity index is 668. The zero-order chi connectivity index (χ0) is 15.1. The predicted octanol–water partition coefficient (Wildman–Crippen LogP) is 2.17. The second-order valence-corrected chi connectivity index (χ2v) is 5.25. The first-order valence-electron chi connectivity index (χ1n) is 6.49. The minimum atomic E-state index is -0.257. The molecule has 1 heterocycles. The van der Waals surface area contributed by atoms with Crippen LogP contribution in [-0.4, -0.2) is 19.0 Å². The van der Waals surface area contributed by atoms with Crippen LogP contribution in [0.15, 0.2) is 35.7 Å². The summed E-state index contributed by atoms with van der Waals surface area (Å²) in [5, 5.41) is 4.60. The van der Waals surface area contributed by atoms with Gasteiger partial charge >= 0.3 is 0 Å². The molecule has 2 aromatic rings. The van der Waals surface area contributed by atoms with E-state index in [0.717, 1.165) is 10.4 Å². The fourth-order valence-electron chi connectivity index (χ4n) is 1.73. The molecule has 0 saturated heterocycles. The molecule has 3 N–H and O–H groups in total. The average molecular weight is 302 g/mol. The summed E-state index contributed by atoms with van der Waals surface area (Å²) in [6, 6.07) is 8.01. The Morgan fingerprint density at radius 1 is 1.33 bits per heavy atom. The Kier molecular flexibility index (Phi) is 5.50. The third-order valence-electron chi connectivity index (χ3n) is 2.79. The van der Waals surface area contributed by atoms with Crippen LogP contribution in [0.25, 0.3) is 0 Å². The maximum Gasteiger partial charge on any atom is 0.252 e. The molecular formula is C16H15FN2OS. The molecule has 1 amide bonds. The van der Waals surface area contributed by atoms with E-state index in [-0.39, 0.29) is 11.7 Å². The van der Waals surface area contributed by atoms with Gasteiger partial charge in [0.25, 0.3) is 5.91 Å². The quantitative estimate of drug-likeness (QED) is 0.851. The van der Waals surface area contributed by atoms with E-state index in [0.29, 0.717) is 25.1 Å². The van der Waals surface area contributed by atoms with E-state index in [9.17, 15) is 9.18 Å². The van der Waals surface area contributed by atoms with Crippen LogP contribution >= 0.6 is 11.3 Å². The summed E-state index contributed by atoms with van der Waals surface area (Å²) in [4.78, 5) is 12.8. The van der Waals surface area contributed by atoms with E-state index in [2.05, 4.69) is 17.2 Å². The van der Waals surface area contributed by atoms with Crippen LogP contribution in [0.2, 0.25) is 0 Å². The molecule has 0 spiro atoms. The molecule has 0 unspecified atom stereocenters. The lowest BCUT2D eigenvalue weighted by atomic mass is 10.1. The van der Waals surface area contributed by atoms with Crippen molar-refractivity contribution >= 4 is 17.2 Å². The van der Waals surface area contributed by atoms with Crippen LogP contribution < -0.4 is 11.1 Å². The first-order chi connectivity index (χ1) is 10.2. The minimum Gasteiger partial charge on any atom is -0.352 e. The molecule has 1 aromatic carbocycles. The number of benzene rings is 1. The highest BCUT2D eigenvalue weighted by Gasteiger charge is 2.07. The molecule has 0 fully saturated rings. The molecule has 3 nitrogen and oxygen atoms in total. The normalized spacial score (nSPS) is 9.81. The summed E-state index contributed by atoms with van der Waals surface area (Å²) in [5.41, 5.74) is 6.88. The van der Waals surface area contributed by atoms with Crippen molar-refractivity contribution < 1.29 is 9.18 Å². The first kappa shape index (κ1) is 15.2. The van der Waals surface area contributed by atoms with Crippen molar-refractivity contribution in [2.45, 2.75) is 6.42 Å². The molecule has 0 atom stereocenters. The van der Waals surface area contributed by atoms with Gasteiger partial charge in [-0.2, -0.15) is 0 Å². The van der Waals surface area contributed by atoms with Crippen molar-refractivity contribution in [3.05, 3.63) is 57.5 Å². The van der Waals surface area contributed by atoms with Gasteiger partial charge < -0.3 is 11.1 Å². The number of carbonyl (C=O) groups excluding carboxylic acids is 1. The summed E-state index contributed by atoms with van der Waals surface area (Å²) in [6.45, 7) is 0.807. The fourth-order valence-corrected chi connectivity index (χ4v) is 2.49. The number of halogens is 1. The minimum absolute atomic E-state index is 0.130. The fraction of sp³-hybridized carbons (Fsp3) is 0.188. The second kappa shape index (κ2) is 7.58. The van der Waals surface area contributed by atoms with E-state index in [4.69, 9.17) is 5.73 Å². The number of rotatable bonds is 4. The van der Waals surface area contributed by atoms with Crippen LogP contribution in [-0.2, 0) is 6.42 Å². The highest BCUT2D eigenvalue weighted by molar-refractivity contribution is 7.10. The van der Waals surface area contributed by atoms with E-state index in [1.165, 1.54) is 23.5 Å². The van der Waals surface area contributed by atoms with Crippen molar-refractivity contribution in [1.82, 2.24) is 5.32 Å². The molecule has 21 heavy (non-hydrogen) atoms. The molecule has 5 heteroatoms. The number of hydrogen-bond acceptors (Lipinski definition) is 3. The first-order valence-corrected chi connectivity index (χ1v) is 7.37. The summed E-state index contributed by atoms with van der Waals surface area (Å²) < 4.78 is 12.8. The largest absolute Gasteiger partial charge is 0.352 e. The third kappa shape index (κ3) is 4.71. The predicted molar refractivity (Wildman–Crippen MR) is 82.7 cm³/mol. The third-order valence-corrected chi connectivity index (χ3v) is 3.63. The molecule has 108 valence electrons. The van der Waals surface area contributed by atoms with Crippen molar-refractivity contribution in [2.75, 3.05) is 13.1 Å². The summed E-state index contributed by atoms with van der Waals surface area (Å²) in [6.07, 6.45) is 0.663. The van der Waals surface area contributed by atoms with E-state index >= 15 is 0 Å². The van der Waals surface area contributed by atoms with Crippen LogP contribution in [0.3, 0.4) is 0 Å². The van der Waals surface area contributed by atoms with Gasteiger partial charge in [-0.25, -0.2) is 4.39 Å². The lowest BCUT2D eigenvalue weighted by Crippen LogP contribution is -2.25. The standard InChI is InChI=1S/C16H15FN2OS/c17-14-5-3-12(4-6-14)7-9-19-16(20)13-10-15(21-11-13)2-1-8-18/h3-6,10-11H,7-9,18H2,(H,19,20). The number of nitrogens with one attached hydrogen (secondary N) is 1. The molecule has 0 aliphatic heterocycles. The van der Waals surface area contributed by atoms with Gasteiger partial charge in [0.2, 0.25) is 0 Å². The number of nitrogens with two attached hydrogens (primary N) is 1. The Morgan fingerprint density at radius 2 is 2.10 bits per heavy atom. The van der Waals surface area contributed by atoms with Crippen LogP contribution in [0.5, 0.6) is 0 Å². The highest BCUT2D eigenvalue weighted by atomic mass is 32.1. The molecule has 0 bridgehead atoms. The van der Waals surface area contributed by atoms with Crippen LogP contribution in [0, 0.1) is 17.7 Å². The maximum atomic E-state index is 12.8. The molecule has 1 aromatic heterocycles. The average Bonchev–Trinajstić information content (AvgIpc) is 2.96. The molecule has 0 aliphatic rings. The lowest BCUT2D eigenvalue weighted by molar-refractivity contribution is 0.0954. The number of hydrogen-bond donors (Lipinski definition) is 2. The zero-order valence-corrected chi connectivity index (χ0v) is 12.2. The zero-order valence-electron chi connectivity index (χ0n) is 11.4. The van der Waals surface area contributed by atoms with Gasteiger partial charge in [-0.3, -0.25) is 4.79 Å². The van der Waals surface area contributed by atoms with Crippen molar-refractivity contribution in [3.63, 3.8) is 0 Å². The summed E-state index contributed by atoms with van der Waals surface area (Å²) >= 11 is 1.42. The van der Waals surface area contributed by atoms with Gasteiger partial charge in [0, 0.05) is 11.9 Å². The molecule has 0 radical (unpaired) electrons. The lowest BCUT2D eigenvalue weighted by Gasteiger charge is -2.04. The van der Waals surface area contributed by atoms with Crippen molar-refractivity contribution in [1.29, 1.82) is 0 Å². The van der Waals surface area contributed by atoms with Crippen molar-refractivity contribution in [2.24, 2.45) is 5.73 Å². The Balaban J connectivity index is 1.84. The van der Waals surface area contributed by atoms with Gasteiger partial charge in [0.05, 0.1) is 17.0 Å². The summed E-state index contributed by atoms with van der Waals surface area (Å²) in [7, 11) is 0. The Labute approximate surface area is 127 Å². The van der Waals surface area contributed by atoms with Gasteiger partial charge in [0.1, 0.15) is 5.82 Å². The number of carbonyl (C=O) groups is 1. The second-order valence-electron chi connectivity index (χ2n) is 4.34. The van der Waals surface area contributed by atoms with E-state index in [1.807, 2.05) is 0 Å². The highest BCUT2D eigenvalue weighted by Crippen LogP contribution is 2.13.